The molecule has 0 radical (unpaired) electrons. The lowest BCUT2D eigenvalue weighted by Crippen LogP contribution is -1.94. The van der Waals surface area contributed by atoms with Crippen LogP contribution in [0.2, 0.25) is 0 Å². The summed E-state index contributed by atoms with van der Waals surface area (Å²) < 4.78 is 0. The molecular formula is C4H5ClN2O2. The van der Waals surface area contributed by atoms with Crippen molar-refractivity contribution in [2.75, 3.05) is 0 Å². The fourth-order valence-corrected chi connectivity index (χ4v) is 0.377. The van der Waals surface area contributed by atoms with Crippen LogP contribution < -0.4 is 0 Å². The lowest BCUT2D eigenvalue weighted by molar-refractivity contribution is 0.0691. The molecule has 0 aliphatic heterocycles. The second-order valence-electron chi connectivity index (χ2n) is 1.26. The molecule has 0 saturated carbocycles. The van der Waals surface area contributed by atoms with Crippen LogP contribution in [0.25, 0.3) is 0 Å². The molecule has 1 aromatic heterocycles. The maximum absolute atomic E-state index is 9.98. The van der Waals surface area contributed by atoms with Crippen molar-refractivity contribution in [1.82, 2.24) is 9.97 Å². The molecule has 0 fully saturated rings. The fourth-order valence-electron chi connectivity index (χ4n) is 0.377. The molecule has 0 aromatic carbocycles. The molecule has 1 aromatic rings. The molecule has 50 valence electrons. The first-order chi connectivity index (χ1) is 3.80. The van der Waals surface area contributed by atoms with Gasteiger partial charge in [-0.3, -0.25) is 0 Å². The molecule has 1 heterocycles. The Hall–Kier alpha value is -1.03. The smallest absolute Gasteiger partial charge is 0.356 e. The van der Waals surface area contributed by atoms with Gasteiger partial charge in [-0.2, -0.15) is 0 Å². The molecule has 1 rings (SSSR count). The zero-order chi connectivity index (χ0) is 5.98. The monoisotopic (exact) mass is 148 g/mol. The van der Waals surface area contributed by atoms with Crippen LogP contribution in [0, 0.1) is 0 Å². The van der Waals surface area contributed by atoms with Crippen molar-refractivity contribution in [3.63, 3.8) is 0 Å². The number of aromatic amines is 1. The first-order valence-electron chi connectivity index (χ1n) is 2.03. The number of halogens is 1. The van der Waals surface area contributed by atoms with Crippen LogP contribution >= 0.6 is 12.4 Å². The van der Waals surface area contributed by atoms with E-state index in [4.69, 9.17) is 5.11 Å². The van der Waals surface area contributed by atoms with Crippen molar-refractivity contribution in [1.29, 1.82) is 0 Å². The van der Waals surface area contributed by atoms with Gasteiger partial charge < -0.3 is 10.1 Å². The molecule has 0 saturated heterocycles. The topological polar surface area (TPSA) is 66.0 Å². The average Bonchev–Trinajstić information content (AvgIpc) is 2.12. The Morgan fingerprint density at radius 2 is 2.44 bits per heavy atom. The fraction of sp³-hybridized carbons (Fsp3) is 0. The molecule has 0 unspecified atom stereocenters. The summed E-state index contributed by atoms with van der Waals surface area (Å²) in [6.07, 6.45) is 2.64. The number of carboxylic acids is 1. The Balaban J connectivity index is 0.000000640. The molecule has 0 aliphatic rings. The van der Waals surface area contributed by atoms with Gasteiger partial charge >= 0.3 is 5.97 Å². The number of imidazole rings is 1. The zero-order valence-corrected chi connectivity index (χ0v) is 5.18. The van der Waals surface area contributed by atoms with Crippen molar-refractivity contribution in [3.8, 4) is 0 Å². The highest BCUT2D eigenvalue weighted by Gasteiger charge is 2.00. The normalized spacial score (nSPS) is 8.00. The molecule has 0 spiro atoms. The van der Waals surface area contributed by atoms with Gasteiger partial charge in [0.2, 0.25) is 0 Å². The lowest BCUT2D eigenvalue weighted by atomic mass is 10.5. The van der Waals surface area contributed by atoms with E-state index in [1.54, 1.807) is 0 Å². The lowest BCUT2D eigenvalue weighted by Gasteiger charge is -1.77. The van der Waals surface area contributed by atoms with Crippen LogP contribution in [0.3, 0.4) is 0 Å². The van der Waals surface area contributed by atoms with Crippen molar-refractivity contribution in [2.24, 2.45) is 0 Å². The van der Waals surface area contributed by atoms with Gasteiger partial charge in [-0.25, -0.2) is 9.78 Å². The van der Waals surface area contributed by atoms with E-state index >= 15 is 0 Å². The SMILES string of the molecule is Cl.O=C(O)c1c[nH]cn1. The van der Waals surface area contributed by atoms with Gasteiger partial charge in [-0.05, 0) is 0 Å². The Bertz CT molecular complexity index is 184. The molecule has 2 N–H and O–H groups in total. The van der Waals surface area contributed by atoms with Crippen molar-refractivity contribution in [3.05, 3.63) is 18.2 Å². The Kier molecular flexibility index (Phi) is 2.73. The van der Waals surface area contributed by atoms with Crippen molar-refractivity contribution < 1.29 is 9.90 Å². The summed E-state index contributed by atoms with van der Waals surface area (Å²) in [5.74, 6) is -1.01. The van der Waals surface area contributed by atoms with E-state index in [0.717, 1.165) is 0 Å². The van der Waals surface area contributed by atoms with E-state index in [1.807, 2.05) is 0 Å². The minimum Gasteiger partial charge on any atom is -0.476 e. The van der Waals surface area contributed by atoms with E-state index < -0.39 is 5.97 Å². The standard InChI is InChI=1S/C4H4N2O2.ClH/c7-4(8)3-1-5-2-6-3;/h1-2H,(H,5,6)(H,7,8);1H. The van der Waals surface area contributed by atoms with Crippen molar-refractivity contribution >= 4 is 18.4 Å². The summed E-state index contributed by atoms with van der Waals surface area (Å²) >= 11 is 0. The summed E-state index contributed by atoms with van der Waals surface area (Å²) in [6.45, 7) is 0. The number of aromatic carboxylic acids is 1. The van der Waals surface area contributed by atoms with E-state index in [1.165, 1.54) is 12.5 Å². The van der Waals surface area contributed by atoms with Gasteiger partial charge in [0, 0.05) is 6.20 Å². The molecule has 0 aliphatic carbocycles. The number of H-pyrrole nitrogens is 1. The molecular weight excluding hydrogens is 144 g/mol. The number of rotatable bonds is 1. The molecule has 0 bridgehead atoms. The quantitative estimate of drug-likeness (QED) is 0.611. The van der Waals surface area contributed by atoms with E-state index in [-0.39, 0.29) is 18.1 Å². The molecule has 4 nitrogen and oxygen atoms in total. The summed E-state index contributed by atoms with van der Waals surface area (Å²) in [5, 5.41) is 8.19. The summed E-state index contributed by atoms with van der Waals surface area (Å²) in [5.41, 5.74) is 0.0463. The molecule has 5 heteroatoms. The third kappa shape index (κ3) is 1.73. The Morgan fingerprint density at radius 3 is 2.67 bits per heavy atom. The largest absolute Gasteiger partial charge is 0.476 e. The third-order valence-electron chi connectivity index (χ3n) is 0.717. The van der Waals surface area contributed by atoms with Crippen LogP contribution in [0.5, 0.6) is 0 Å². The zero-order valence-electron chi connectivity index (χ0n) is 4.37. The molecule has 9 heavy (non-hydrogen) atoms. The highest BCUT2D eigenvalue weighted by Crippen LogP contribution is 1.87. The van der Waals surface area contributed by atoms with Crippen LogP contribution in [-0.2, 0) is 0 Å². The minimum atomic E-state index is -1.01. The second kappa shape index (κ2) is 3.09. The molecule has 0 atom stereocenters. The average molecular weight is 149 g/mol. The third-order valence-corrected chi connectivity index (χ3v) is 0.717. The highest BCUT2D eigenvalue weighted by atomic mass is 35.5. The van der Waals surface area contributed by atoms with Gasteiger partial charge in [0.05, 0.1) is 6.33 Å². The van der Waals surface area contributed by atoms with E-state index in [9.17, 15) is 4.79 Å². The van der Waals surface area contributed by atoms with Gasteiger partial charge in [0.25, 0.3) is 0 Å². The Labute approximate surface area is 57.3 Å². The molecule has 0 amide bonds. The second-order valence-corrected chi connectivity index (χ2v) is 1.26. The number of nitrogens with one attached hydrogen (secondary N) is 1. The predicted molar refractivity (Wildman–Crippen MR) is 32.8 cm³/mol. The van der Waals surface area contributed by atoms with Crippen LogP contribution in [0.1, 0.15) is 10.5 Å². The Morgan fingerprint density at radius 1 is 1.78 bits per heavy atom. The predicted octanol–water partition coefficient (Wildman–Crippen LogP) is 0.530. The van der Waals surface area contributed by atoms with Crippen LogP contribution in [0.15, 0.2) is 12.5 Å². The van der Waals surface area contributed by atoms with Gasteiger partial charge in [-0.1, -0.05) is 0 Å². The van der Waals surface area contributed by atoms with Crippen LogP contribution in [-0.4, -0.2) is 21.0 Å². The first-order valence-corrected chi connectivity index (χ1v) is 2.03. The van der Waals surface area contributed by atoms with Crippen LogP contribution in [0.4, 0.5) is 0 Å². The van der Waals surface area contributed by atoms with E-state index in [2.05, 4.69) is 9.97 Å². The number of carboxylic acid groups (broad SMARTS) is 1. The number of carbonyl (C=O) groups is 1. The number of hydrogen-bond donors (Lipinski definition) is 2. The highest BCUT2D eigenvalue weighted by molar-refractivity contribution is 5.85. The number of hydrogen-bond acceptors (Lipinski definition) is 2. The summed E-state index contributed by atoms with van der Waals surface area (Å²) in [7, 11) is 0. The first kappa shape index (κ1) is 7.97. The number of aromatic nitrogens is 2. The van der Waals surface area contributed by atoms with Gasteiger partial charge in [0.15, 0.2) is 5.69 Å². The summed E-state index contributed by atoms with van der Waals surface area (Å²) in [4.78, 5) is 16.0. The van der Waals surface area contributed by atoms with Crippen molar-refractivity contribution in [2.45, 2.75) is 0 Å². The number of nitrogens with zero attached hydrogens (tertiary/aromatic N) is 1. The van der Waals surface area contributed by atoms with E-state index in [0.29, 0.717) is 0 Å². The van der Waals surface area contributed by atoms with Gasteiger partial charge in [-0.15, -0.1) is 12.4 Å². The summed E-state index contributed by atoms with van der Waals surface area (Å²) in [6, 6.07) is 0. The maximum Gasteiger partial charge on any atom is 0.356 e. The van der Waals surface area contributed by atoms with Gasteiger partial charge in [0.1, 0.15) is 0 Å². The maximum atomic E-state index is 9.98. The minimum absolute atomic E-state index is 0.